The first-order chi connectivity index (χ1) is 20.8. The van der Waals surface area contributed by atoms with Crippen LogP contribution in [0.25, 0.3) is 0 Å². The lowest BCUT2D eigenvalue weighted by atomic mass is 10.2. The Kier molecular flexibility index (Phi) is 18.7. The van der Waals surface area contributed by atoms with Crippen molar-refractivity contribution in [1.29, 1.82) is 0 Å². The molecule has 12 heteroatoms. The summed E-state index contributed by atoms with van der Waals surface area (Å²) in [6, 6.07) is 0. The standard InChI is InChI=1S/C33H64N4O8/c1-11-21-41-23-24-42-22-20-34-12-14-35(25-28(38)43-31(2,3)4)16-18-37(27-30(40)45-33(8,9)10)19-17-36(15-13-34)26-29(39)44-32(5,6)7/h11-27H2,1-10H3. The molecule has 1 rings (SSSR count). The van der Waals surface area contributed by atoms with Gasteiger partial charge in [-0.25, -0.2) is 0 Å². The van der Waals surface area contributed by atoms with Gasteiger partial charge in [0.05, 0.1) is 39.5 Å². The van der Waals surface area contributed by atoms with E-state index in [1.807, 2.05) is 67.2 Å². The molecule has 0 bridgehead atoms. The quantitative estimate of drug-likeness (QED) is 0.158. The van der Waals surface area contributed by atoms with Gasteiger partial charge in [-0.2, -0.15) is 0 Å². The molecule has 0 unspecified atom stereocenters. The lowest BCUT2D eigenvalue weighted by Crippen LogP contribution is -2.49. The molecule has 0 N–H and O–H groups in total. The second-order valence-electron chi connectivity index (χ2n) is 14.7. The maximum atomic E-state index is 12.8. The van der Waals surface area contributed by atoms with E-state index in [0.717, 1.165) is 13.0 Å². The van der Waals surface area contributed by atoms with Gasteiger partial charge in [0.2, 0.25) is 0 Å². The third-order valence-corrected chi connectivity index (χ3v) is 6.52. The fraction of sp³-hybridized carbons (Fsp3) is 0.909. The lowest BCUT2D eigenvalue weighted by molar-refractivity contribution is -0.158. The Morgan fingerprint density at radius 1 is 0.467 bits per heavy atom. The molecule has 0 spiro atoms. The van der Waals surface area contributed by atoms with E-state index >= 15 is 0 Å². The van der Waals surface area contributed by atoms with E-state index in [4.69, 9.17) is 23.7 Å². The highest BCUT2D eigenvalue weighted by molar-refractivity contribution is 5.73. The molecule has 0 aromatic rings. The van der Waals surface area contributed by atoms with E-state index in [1.165, 1.54) is 0 Å². The van der Waals surface area contributed by atoms with E-state index in [-0.39, 0.29) is 37.5 Å². The Hall–Kier alpha value is -1.83. The lowest BCUT2D eigenvalue weighted by Gasteiger charge is -2.34. The Labute approximate surface area is 273 Å². The second-order valence-corrected chi connectivity index (χ2v) is 14.7. The van der Waals surface area contributed by atoms with E-state index in [1.54, 1.807) is 0 Å². The van der Waals surface area contributed by atoms with Crippen molar-refractivity contribution in [2.24, 2.45) is 0 Å². The van der Waals surface area contributed by atoms with Crippen molar-refractivity contribution in [3.05, 3.63) is 0 Å². The zero-order valence-electron chi connectivity index (χ0n) is 30.1. The number of rotatable bonds is 14. The number of nitrogens with zero attached hydrogens (tertiary/aromatic N) is 4. The second kappa shape index (κ2) is 20.4. The van der Waals surface area contributed by atoms with Crippen LogP contribution in [0.15, 0.2) is 0 Å². The minimum atomic E-state index is -0.592. The zero-order valence-corrected chi connectivity index (χ0v) is 30.1. The molecule has 1 heterocycles. The highest BCUT2D eigenvalue weighted by Gasteiger charge is 2.25. The third-order valence-electron chi connectivity index (χ3n) is 6.52. The van der Waals surface area contributed by atoms with Crippen LogP contribution in [0.4, 0.5) is 0 Å². The first-order valence-electron chi connectivity index (χ1n) is 16.6. The minimum Gasteiger partial charge on any atom is -0.459 e. The summed E-state index contributed by atoms with van der Waals surface area (Å²) in [7, 11) is 0. The van der Waals surface area contributed by atoms with Crippen molar-refractivity contribution in [2.45, 2.75) is 92.5 Å². The molecule has 45 heavy (non-hydrogen) atoms. The average molecular weight is 645 g/mol. The maximum absolute atomic E-state index is 12.8. The molecule has 1 aliphatic rings. The molecule has 264 valence electrons. The molecule has 0 radical (unpaired) electrons. The maximum Gasteiger partial charge on any atom is 0.320 e. The van der Waals surface area contributed by atoms with Crippen LogP contribution < -0.4 is 0 Å². The molecule has 0 aliphatic carbocycles. The van der Waals surface area contributed by atoms with Gasteiger partial charge in [-0.15, -0.1) is 0 Å². The van der Waals surface area contributed by atoms with Gasteiger partial charge in [-0.3, -0.25) is 34.0 Å². The van der Waals surface area contributed by atoms with Gasteiger partial charge in [0.25, 0.3) is 0 Å². The van der Waals surface area contributed by atoms with Crippen molar-refractivity contribution in [2.75, 3.05) is 105 Å². The van der Waals surface area contributed by atoms with Gasteiger partial charge in [-0.1, -0.05) is 6.92 Å². The Bertz CT molecular complexity index is 820. The Balaban J connectivity index is 3.09. The highest BCUT2D eigenvalue weighted by Crippen LogP contribution is 2.11. The van der Waals surface area contributed by atoms with Crippen LogP contribution in [0.2, 0.25) is 0 Å². The molecule has 12 nitrogen and oxygen atoms in total. The van der Waals surface area contributed by atoms with E-state index in [9.17, 15) is 14.4 Å². The summed E-state index contributed by atoms with van der Waals surface area (Å²) in [6.45, 7) is 27.2. The van der Waals surface area contributed by atoms with Gasteiger partial charge < -0.3 is 23.7 Å². The first-order valence-corrected chi connectivity index (χ1v) is 16.6. The number of ether oxygens (including phenoxy) is 5. The Morgan fingerprint density at radius 3 is 1.04 bits per heavy atom. The smallest absolute Gasteiger partial charge is 0.320 e. The highest BCUT2D eigenvalue weighted by atomic mass is 16.6. The Morgan fingerprint density at radius 2 is 0.756 bits per heavy atom. The summed E-state index contributed by atoms with van der Waals surface area (Å²) < 4.78 is 28.2. The SMILES string of the molecule is CCCOCCOCCN1CCN(CC(=O)OC(C)(C)C)CCN(CC(=O)OC(C)(C)C)CCN(CC(=O)OC(C)(C)C)CC1. The summed E-state index contributed by atoms with van der Waals surface area (Å²) in [6.07, 6.45) is 0.978. The number of hydrogen-bond donors (Lipinski definition) is 0. The summed E-state index contributed by atoms with van der Waals surface area (Å²) in [5.74, 6) is -0.865. The average Bonchev–Trinajstić information content (AvgIpc) is 2.85. The summed E-state index contributed by atoms with van der Waals surface area (Å²) in [5, 5.41) is 0. The van der Waals surface area contributed by atoms with Crippen LogP contribution in [-0.4, -0.2) is 159 Å². The van der Waals surface area contributed by atoms with Crippen LogP contribution in [0.5, 0.6) is 0 Å². The number of hydrogen-bond acceptors (Lipinski definition) is 12. The topological polar surface area (TPSA) is 110 Å². The van der Waals surface area contributed by atoms with Crippen molar-refractivity contribution >= 4 is 17.9 Å². The van der Waals surface area contributed by atoms with Crippen molar-refractivity contribution in [3.63, 3.8) is 0 Å². The number of carbonyl (C=O) groups excluding carboxylic acids is 3. The van der Waals surface area contributed by atoms with Crippen LogP contribution >= 0.6 is 0 Å². The molecule has 1 aliphatic heterocycles. The normalized spacial score (nSPS) is 17.7. The molecule has 0 aromatic heterocycles. The van der Waals surface area contributed by atoms with Crippen LogP contribution in [0.3, 0.4) is 0 Å². The van der Waals surface area contributed by atoms with E-state index in [2.05, 4.69) is 21.6 Å². The van der Waals surface area contributed by atoms with Crippen LogP contribution in [0.1, 0.15) is 75.7 Å². The fourth-order valence-electron chi connectivity index (χ4n) is 4.61. The molecule has 1 fully saturated rings. The van der Waals surface area contributed by atoms with Crippen LogP contribution in [0, 0.1) is 0 Å². The van der Waals surface area contributed by atoms with Crippen molar-refractivity contribution in [1.82, 2.24) is 19.6 Å². The summed E-state index contributed by atoms with van der Waals surface area (Å²) in [4.78, 5) is 46.9. The predicted octanol–water partition coefficient (Wildman–Crippen LogP) is 2.68. The molecular formula is C33H64N4O8. The molecule has 0 amide bonds. The van der Waals surface area contributed by atoms with Gasteiger partial charge in [0.1, 0.15) is 16.8 Å². The molecular weight excluding hydrogens is 580 g/mol. The van der Waals surface area contributed by atoms with Gasteiger partial charge in [0.15, 0.2) is 0 Å². The number of esters is 3. The van der Waals surface area contributed by atoms with Crippen molar-refractivity contribution < 1.29 is 38.1 Å². The van der Waals surface area contributed by atoms with E-state index < -0.39 is 16.8 Å². The molecule has 0 aromatic carbocycles. The fourth-order valence-corrected chi connectivity index (χ4v) is 4.61. The van der Waals surface area contributed by atoms with Crippen LogP contribution in [-0.2, 0) is 38.1 Å². The monoisotopic (exact) mass is 644 g/mol. The molecule has 0 atom stereocenters. The zero-order chi connectivity index (χ0) is 34.1. The number of carbonyl (C=O) groups is 3. The van der Waals surface area contributed by atoms with Crippen molar-refractivity contribution in [3.8, 4) is 0 Å². The largest absolute Gasteiger partial charge is 0.459 e. The molecule has 1 saturated heterocycles. The first kappa shape index (κ1) is 41.2. The van der Waals surface area contributed by atoms with E-state index in [0.29, 0.717) is 78.7 Å². The van der Waals surface area contributed by atoms with Gasteiger partial charge in [-0.05, 0) is 68.7 Å². The molecule has 0 saturated carbocycles. The summed E-state index contributed by atoms with van der Waals surface area (Å²) in [5.41, 5.74) is -1.74. The minimum absolute atomic E-state index is 0.114. The predicted molar refractivity (Wildman–Crippen MR) is 175 cm³/mol. The summed E-state index contributed by atoms with van der Waals surface area (Å²) >= 11 is 0. The third kappa shape index (κ3) is 23.2. The van der Waals surface area contributed by atoms with Gasteiger partial charge in [0, 0.05) is 65.5 Å². The van der Waals surface area contributed by atoms with Gasteiger partial charge >= 0.3 is 17.9 Å².